The first-order valence-corrected chi connectivity index (χ1v) is 4.74. The lowest BCUT2D eigenvalue weighted by molar-refractivity contribution is 0.0698. The Morgan fingerprint density at radius 3 is 2.69 bits per heavy atom. The quantitative estimate of drug-likeness (QED) is 0.748. The van der Waals surface area contributed by atoms with E-state index in [9.17, 15) is 9.90 Å². The van der Waals surface area contributed by atoms with Crippen molar-refractivity contribution in [3.63, 3.8) is 0 Å². The molecule has 6 heteroatoms. The number of aromatic carboxylic acids is 1. The van der Waals surface area contributed by atoms with Gasteiger partial charge in [0.2, 0.25) is 0 Å². The van der Waals surface area contributed by atoms with Gasteiger partial charge >= 0.3 is 5.97 Å². The third-order valence-corrected chi connectivity index (χ3v) is 2.37. The molecule has 0 aliphatic rings. The summed E-state index contributed by atoms with van der Waals surface area (Å²) in [5.74, 6) is -1.25. The van der Waals surface area contributed by atoms with Gasteiger partial charge in [-0.25, -0.2) is 4.79 Å². The molecule has 0 saturated carbocycles. The van der Waals surface area contributed by atoms with Crippen LogP contribution >= 0.6 is 11.6 Å². The number of carboxylic acid groups (broad SMARTS) is 1. The summed E-state index contributed by atoms with van der Waals surface area (Å²) in [6.07, 6.45) is 0. The highest BCUT2D eigenvalue weighted by atomic mass is 35.5. The number of aromatic nitrogens is 2. The van der Waals surface area contributed by atoms with Crippen LogP contribution in [-0.2, 0) is 0 Å². The van der Waals surface area contributed by atoms with Crippen LogP contribution in [0.5, 0.6) is 5.75 Å². The number of hydrogen-bond donors (Lipinski definition) is 3. The van der Waals surface area contributed by atoms with Crippen LogP contribution in [0.1, 0.15) is 10.4 Å². The van der Waals surface area contributed by atoms with E-state index in [-0.39, 0.29) is 22.2 Å². The molecule has 16 heavy (non-hydrogen) atoms. The van der Waals surface area contributed by atoms with Crippen LogP contribution in [0.2, 0.25) is 5.15 Å². The minimum absolute atomic E-state index is 0.0480. The van der Waals surface area contributed by atoms with E-state index >= 15 is 0 Å². The van der Waals surface area contributed by atoms with Crippen molar-refractivity contribution in [1.29, 1.82) is 0 Å². The number of nitrogens with one attached hydrogen (secondary N) is 1. The maximum Gasteiger partial charge on any atom is 0.341 e. The van der Waals surface area contributed by atoms with Crippen LogP contribution in [-0.4, -0.2) is 26.4 Å². The van der Waals surface area contributed by atoms with Crippen LogP contribution < -0.4 is 0 Å². The first-order chi connectivity index (χ1) is 7.61. The summed E-state index contributed by atoms with van der Waals surface area (Å²) in [4.78, 5) is 11.0. The Hall–Kier alpha value is -2.01. The van der Waals surface area contributed by atoms with Crippen LogP contribution in [0, 0.1) is 0 Å². The normalized spacial score (nSPS) is 10.3. The summed E-state index contributed by atoms with van der Waals surface area (Å²) in [5, 5.41) is 24.6. The van der Waals surface area contributed by atoms with Gasteiger partial charge in [-0.3, -0.25) is 5.10 Å². The van der Waals surface area contributed by atoms with Crippen molar-refractivity contribution in [2.24, 2.45) is 0 Å². The summed E-state index contributed by atoms with van der Waals surface area (Å²) in [7, 11) is 0. The van der Waals surface area contributed by atoms with Gasteiger partial charge in [-0.15, -0.1) is 0 Å². The maximum atomic E-state index is 11.0. The van der Waals surface area contributed by atoms with Crippen molar-refractivity contribution in [2.45, 2.75) is 0 Å². The molecule has 2 aromatic rings. The number of aromatic amines is 1. The summed E-state index contributed by atoms with van der Waals surface area (Å²) < 4.78 is 0. The second-order valence-electron chi connectivity index (χ2n) is 3.08. The number of phenols is 1. The number of phenolic OH excluding ortho intramolecular Hbond substituents is 1. The van der Waals surface area contributed by atoms with Gasteiger partial charge in [0.25, 0.3) is 0 Å². The van der Waals surface area contributed by atoms with Crippen molar-refractivity contribution < 1.29 is 15.0 Å². The van der Waals surface area contributed by atoms with Crippen molar-refractivity contribution in [1.82, 2.24) is 10.2 Å². The second-order valence-corrected chi connectivity index (χ2v) is 3.46. The number of halogens is 1. The molecule has 0 spiro atoms. The van der Waals surface area contributed by atoms with Gasteiger partial charge in [0.15, 0.2) is 0 Å². The number of para-hydroxylation sites is 1. The van der Waals surface area contributed by atoms with E-state index in [1.165, 1.54) is 6.07 Å². The largest absolute Gasteiger partial charge is 0.507 e. The highest BCUT2D eigenvalue weighted by Crippen LogP contribution is 2.32. The van der Waals surface area contributed by atoms with Crippen LogP contribution in [0.25, 0.3) is 11.3 Å². The van der Waals surface area contributed by atoms with Crippen LogP contribution in [0.3, 0.4) is 0 Å². The molecule has 0 fully saturated rings. The Balaban J connectivity index is 2.66. The Bertz CT molecular complexity index is 551. The zero-order valence-corrected chi connectivity index (χ0v) is 8.69. The number of aromatic hydroxyl groups is 1. The van der Waals surface area contributed by atoms with E-state index in [0.717, 1.165) is 0 Å². The lowest BCUT2D eigenvalue weighted by Crippen LogP contribution is -1.97. The smallest absolute Gasteiger partial charge is 0.341 e. The monoisotopic (exact) mass is 238 g/mol. The van der Waals surface area contributed by atoms with E-state index in [0.29, 0.717) is 5.56 Å². The molecule has 0 unspecified atom stereocenters. The zero-order chi connectivity index (χ0) is 11.7. The van der Waals surface area contributed by atoms with Gasteiger partial charge in [0.05, 0.1) is 0 Å². The van der Waals surface area contributed by atoms with Crippen molar-refractivity contribution in [3.8, 4) is 17.0 Å². The molecule has 1 aromatic heterocycles. The first-order valence-electron chi connectivity index (χ1n) is 4.36. The molecule has 82 valence electrons. The lowest BCUT2D eigenvalue weighted by atomic mass is 10.1. The number of H-pyrrole nitrogens is 1. The van der Waals surface area contributed by atoms with E-state index in [2.05, 4.69) is 10.2 Å². The Labute approximate surface area is 95.3 Å². The molecule has 0 saturated heterocycles. The summed E-state index contributed by atoms with van der Waals surface area (Å²) >= 11 is 5.66. The Morgan fingerprint density at radius 2 is 2.06 bits per heavy atom. The summed E-state index contributed by atoms with van der Waals surface area (Å²) in [6.45, 7) is 0. The Kier molecular flexibility index (Phi) is 2.54. The average molecular weight is 239 g/mol. The first kappa shape index (κ1) is 10.5. The number of carbonyl (C=O) groups is 1. The van der Waals surface area contributed by atoms with Crippen molar-refractivity contribution in [3.05, 3.63) is 35.0 Å². The molecule has 0 amide bonds. The molecule has 2 rings (SSSR count). The van der Waals surface area contributed by atoms with Crippen LogP contribution in [0.4, 0.5) is 0 Å². The predicted molar refractivity (Wildman–Crippen MR) is 57.7 cm³/mol. The van der Waals surface area contributed by atoms with Gasteiger partial charge in [-0.1, -0.05) is 23.7 Å². The Morgan fingerprint density at radius 1 is 1.38 bits per heavy atom. The number of rotatable bonds is 2. The molecule has 5 nitrogen and oxygen atoms in total. The second kappa shape index (κ2) is 3.86. The fraction of sp³-hybridized carbons (Fsp3) is 0. The third-order valence-electron chi connectivity index (χ3n) is 2.10. The molecule has 0 atom stereocenters. The predicted octanol–water partition coefficient (Wildman–Crippen LogP) is 2.13. The SMILES string of the molecule is O=C(O)c1c(-c2ccccc2O)n[nH]c1Cl. The molecule has 0 bridgehead atoms. The van der Waals surface area contributed by atoms with Crippen molar-refractivity contribution >= 4 is 17.6 Å². The average Bonchev–Trinajstić information content (AvgIpc) is 2.61. The molecule has 0 aliphatic heterocycles. The molecule has 3 N–H and O–H groups in total. The van der Waals surface area contributed by atoms with Gasteiger partial charge in [0, 0.05) is 5.56 Å². The van der Waals surface area contributed by atoms with Gasteiger partial charge < -0.3 is 10.2 Å². The van der Waals surface area contributed by atoms with E-state index in [1.807, 2.05) is 0 Å². The number of nitrogens with zero attached hydrogens (tertiary/aromatic N) is 1. The van der Waals surface area contributed by atoms with Crippen LogP contribution in [0.15, 0.2) is 24.3 Å². The fourth-order valence-corrected chi connectivity index (χ4v) is 1.60. The van der Waals surface area contributed by atoms with Gasteiger partial charge in [0.1, 0.15) is 22.2 Å². The zero-order valence-electron chi connectivity index (χ0n) is 7.94. The maximum absolute atomic E-state index is 11.0. The summed E-state index contributed by atoms with van der Waals surface area (Å²) in [6, 6.07) is 6.31. The van der Waals surface area contributed by atoms with Gasteiger partial charge in [-0.2, -0.15) is 5.10 Å². The summed E-state index contributed by atoms with van der Waals surface area (Å²) in [5.41, 5.74) is 0.293. The molecule has 0 aliphatic carbocycles. The van der Waals surface area contributed by atoms with Crippen molar-refractivity contribution in [2.75, 3.05) is 0 Å². The van der Waals surface area contributed by atoms with E-state index < -0.39 is 5.97 Å². The highest BCUT2D eigenvalue weighted by Gasteiger charge is 2.21. The minimum Gasteiger partial charge on any atom is -0.507 e. The number of benzene rings is 1. The molecule has 1 heterocycles. The third kappa shape index (κ3) is 1.61. The number of hydrogen-bond acceptors (Lipinski definition) is 3. The van der Waals surface area contributed by atoms with E-state index in [1.54, 1.807) is 18.2 Å². The molecular weight excluding hydrogens is 232 g/mol. The minimum atomic E-state index is -1.20. The van der Waals surface area contributed by atoms with E-state index in [4.69, 9.17) is 16.7 Å². The topological polar surface area (TPSA) is 86.2 Å². The highest BCUT2D eigenvalue weighted by molar-refractivity contribution is 6.33. The molecule has 1 aromatic carbocycles. The fourth-order valence-electron chi connectivity index (χ4n) is 1.38. The standard InChI is InChI=1S/C10H7ClN2O3/c11-9-7(10(15)16)8(12-13-9)5-3-1-2-4-6(5)14/h1-4,14H,(H,12,13)(H,15,16). The molecule has 0 radical (unpaired) electrons. The molecular formula is C10H7ClN2O3. The lowest BCUT2D eigenvalue weighted by Gasteiger charge is -2.01. The number of carboxylic acids is 1. The van der Waals surface area contributed by atoms with Gasteiger partial charge in [-0.05, 0) is 12.1 Å².